The largest absolute Gasteiger partial charge is 0.497 e. The molecular weight excluding hydrogens is 438 g/mol. The summed E-state index contributed by atoms with van der Waals surface area (Å²) in [4.78, 5) is 16.9. The van der Waals surface area contributed by atoms with Crippen molar-refractivity contribution in [2.45, 2.75) is 27.2 Å². The summed E-state index contributed by atoms with van der Waals surface area (Å²) in [5, 5.41) is 2.30. The highest BCUT2D eigenvalue weighted by Gasteiger charge is 2.15. The fourth-order valence-electron chi connectivity index (χ4n) is 3.89. The zero-order valence-electron chi connectivity index (χ0n) is 20.9. The van der Waals surface area contributed by atoms with Crippen molar-refractivity contribution in [3.63, 3.8) is 0 Å². The molecule has 3 aromatic rings. The first-order valence-electron chi connectivity index (χ1n) is 11.5. The van der Waals surface area contributed by atoms with E-state index in [-0.39, 0.29) is 18.3 Å². The summed E-state index contributed by atoms with van der Waals surface area (Å²) >= 11 is 0. The van der Waals surface area contributed by atoms with Crippen molar-refractivity contribution < 1.29 is 19.0 Å². The molecule has 0 fully saturated rings. The average molecular weight is 470 g/mol. The highest BCUT2D eigenvalue weighted by Crippen LogP contribution is 2.36. The second kappa shape index (κ2) is 11.9. The summed E-state index contributed by atoms with van der Waals surface area (Å²) in [6.45, 7) is 5.74. The van der Waals surface area contributed by atoms with Crippen molar-refractivity contribution >= 4 is 34.0 Å². The van der Waals surface area contributed by atoms with Crippen LogP contribution < -0.4 is 14.2 Å². The Morgan fingerprint density at radius 2 is 1.80 bits per heavy atom. The van der Waals surface area contributed by atoms with Crippen molar-refractivity contribution in [1.82, 2.24) is 0 Å². The van der Waals surface area contributed by atoms with Gasteiger partial charge >= 0.3 is 0 Å². The van der Waals surface area contributed by atoms with Gasteiger partial charge in [-0.25, -0.2) is 0 Å². The lowest BCUT2D eigenvalue weighted by molar-refractivity contribution is 0.101. The summed E-state index contributed by atoms with van der Waals surface area (Å²) in [6, 6.07) is 15.9. The normalized spacial score (nSPS) is 12.4. The molecule has 1 atom stereocenters. The molecule has 0 spiro atoms. The number of ether oxygens (including phenoxy) is 3. The monoisotopic (exact) mass is 469 g/mol. The Bertz CT molecular complexity index is 1310. The lowest BCUT2D eigenvalue weighted by Gasteiger charge is -2.14. The van der Waals surface area contributed by atoms with Gasteiger partial charge in [-0.05, 0) is 72.4 Å². The topological polar surface area (TPSA) is 57.1 Å². The second-order valence-corrected chi connectivity index (χ2v) is 8.27. The fraction of sp³-hybridized carbons (Fsp3) is 0.267. The van der Waals surface area contributed by atoms with E-state index in [1.807, 2.05) is 25.3 Å². The number of ketones is 1. The highest BCUT2D eigenvalue weighted by molar-refractivity contribution is 6.00. The molecule has 0 radical (unpaired) electrons. The molecular formula is C30H31NO4. The molecule has 0 aliphatic heterocycles. The maximum absolute atomic E-state index is 12.3. The van der Waals surface area contributed by atoms with Crippen LogP contribution in [0, 0.1) is 18.3 Å². The first-order valence-corrected chi connectivity index (χ1v) is 11.5. The number of allylic oxidation sites excluding steroid dienone is 2. The van der Waals surface area contributed by atoms with Crippen molar-refractivity contribution in [2.24, 2.45) is 10.9 Å². The summed E-state index contributed by atoms with van der Waals surface area (Å²) in [6.07, 6.45) is 10.1. The minimum atomic E-state index is -0.111. The molecule has 5 nitrogen and oxygen atoms in total. The third kappa shape index (κ3) is 6.30. The molecule has 0 aliphatic carbocycles. The van der Waals surface area contributed by atoms with Gasteiger partial charge in [-0.3, -0.25) is 9.79 Å². The molecule has 180 valence electrons. The third-order valence-corrected chi connectivity index (χ3v) is 5.75. The molecule has 0 aliphatic rings. The number of carbonyl (C=O) groups excluding carboxylic acids is 1. The SMILES string of the molecule is C#CCOc1cc(C(C)=O)c(N=CC(C)C/C(=C\C)c2ccc3cc(OC)ccc3c2)cc1OC. The number of methoxy groups -OCH3 is 2. The Morgan fingerprint density at radius 3 is 2.46 bits per heavy atom. The van der Waals surface area contributed by atoms with Crippen molar-refractivity contribution in [3.05, 3.63) is 65.7 Å². The van der Waals surface area contributed by atoms with E-state index in [0.717, 1.165) is 22.9 Å². The van der Waals surface area contributed by atoms with Crippen molar-refractivity contribution in [2.75, 3.05) is 20.8 Å². The Kier molecular flexibility index (Phi) is 8.69. The van der Waals surface area contributed by atoms with E-state index in [1.54, 1.807) is 26.4 Å². The molecule has 3 aromatic carbocycles. The number of Topliss-reactive ketones (excluding diaryl/α,β-unsaturated/α-hetero) is 1. The van der Waals surface area contributed by atoms with Crippen LogP contribution in [0.5, 0.6) is 17.2 Å². The maximum Gasteiger partial charge on any atom is 0.163 e. The Labute approximate surface area is 207 Å². The standard InChI is InChI=1S/C30H31NO4/c1-7-13-35-30-17-27(21(4)32)28(18-29(30)34-6)31-19-20(3)14-22(8-2)23-9-10-25-16-26(33-5)12-11-24(25)15-23/h1,8-12,15-20H,13-14H2,2-6H3/b22-8+,31-19?. The van der Waals surface area contributed by atoms with E-state index in [1.165, 1.54) is 18.1 Å². The van der Waals surface area contributed by atoms with Gasteiger partial charge in [0.25, 0.3) is 0 Å². The molecule has 0 bridgehead atoms. The second-order valence-electron chi connectivity index (χ2n) is 8.27. The van der Waals surface area contributed by atoms with E-state index in [0.29, 0.717) is 22.7 Å². The molecule has 0 heterocycles. The van der Waals surface area contributed by atoms with E-state index in [9.17, 15) is 4.79 Å². The Hall–Kier alpha value is -4.04. The number of nitrogens with zero attached hydrogens (tertiary/aromatic N) is 1. The number of benzene rings is 3. The van der Waals surface area contributed by atoms with Crippen LogP contribution in [-0.2, 0) is 0 Å². The van der Waals surface area contributed by atoms with Crippen LogP contribution in [0.2, 0.25) is 0 Å². The number of terminal acetylenes is 1. The zero-order valence-corrected chi connectivity index (χ0v) is 20.9. The maximum atomic E-state index is 12.3. The number of rotatable bonds is 10. The first-order chi connectivity index (χ1) is 16.9. The highest BCUT2D eigenvalue weighted by atomic mass is 16.5. The molecule has 1 unspecified atom stereocenters. The number of hydrogen-bond donors (Lipinski definition) is 0. The van der Waals surface area contributed by atoms with Gasteiger partial charge in [-0.15, -0.1) is 6.42 Å². The molecule has 35 heavy (non-hydrogen) atoms. The summed E-state index contributed by atoms with van der Waals surface area (Å²) in [5.41, 5.74) is 3.39. The van der Waals surface area contributed by atoms with E-state index in [2.05, 4.69) is 48.2 Å². The molecule has 0 saturated heterocycles. The van der Waals surface area contributed by atoms with Gasteiger partial charge in [0, 0.05) is 17.8 Å². The van der Waals surface area contributed by atoms with Gasteiger partial charge in [0.2, 0.25) is 0 Å². The average Bonchev–Trinajstić information content (AvgIpc) is 2.88. The predicted molar refractivity (Wildman–Crippen MR) is 143 cm³/mol. The molecule has 3 rings (SSSR count). The number of aliphatic imine (C=N–C) groups is 1. The first kappa shape index (κ1) is 25.6. The van der Waals surface area contributed by atoms with E-state index >= 15 is 0 Å². The summed E-state index contributed by atoms with van der Waals surface area (Å²) in [5.74, 6) is 4.19. The minimum absolute atomic E-state index is 0.0851. The van der Waals surface area contributed by atoms with Gasteiger partial charge < -0.3 is 14.2 Å². The Balaban J connectivity index is 1.82. The fourth-order valence-corrected chi connectivity index (χ4v) is 3.89. The van der Waals surface area contributed by atoms with Crippen molar-refractivity contribution in [1.29, 1.82) is 0 Å². The van der Waals surface area contributed by atoms with Gasteiger partial charge in [0.15, 0.2) is 17.3 Å². The molecule has 0 amide bonds. The molecule has 0 saturated carbocycles. The lowest BCUT2D eigenvalue weighted by Crippen LogP contribution is -2.02. The van der Waals surface area contributed by atoms with E-state index < -0.39 is 0 Å². The minimum Gasteiger partial charge on any atom is -0.497 e. The Morgan fingerprint density at radius 1 is 1.06 bits per heavy atom. The molecule has 5 heteroatoms. The zero-order chi connectivity index (χ0) is 25.4. The van der Waals surface area contributed by atoms with Crippen LogP contribution in [0.4, 0.5) is 5.69 Å². The van der Waals surface area contributed by atoms with Gasteiger partial charge in [-0.2, -0.15) is 0 Å². The van der Waals surface area contributed by atoms with E-state index in [4.69, 9.17) is 20.6 Å². The van der Waals surface area contributed by atoms with Crippen LogP contribution in [0.25, 0.3) is 16.3 Å². The molecule has 0 N–H and O–H groups in total. The summed E-state index contributed by atoms with van der Waals surface area (Å²) < 4.78 is 16.3. The van der Waals surface area contributed by atoms with Crippen LogP contribution >= 0.6 is 0 Å². The lowest BCUT2D eigenvalue weighted by atomic mass is 9.94. The van der Waals surface area contributed by atoms with Crippen LogP contribution in [0.3, 0.4) is 0 Å². The number of carbonyl (C=O) groups is 1. The van der Waals surface area contributed by atoms with Gasteiger partial charge in [0.05, 0.1) is 19.9 Å². The smallest absolute Gasteiger partial charge is 0.163 e. The third-order valence-electron chi connectivity index (χ3n) is 5.75. The van der Waals surface area contributed by atoms with Gasteiger partial charge in [-0.1, -0.05) is 37.1 Å². The predicted octanol–water partition coefficient (Wildman–Crippen LogP) is 6.90. The van der Waals surface area contributed by atoms with Crippen molar-refractivity contribution in [3.8, 4) is 29.6 Å². The summed E-state index contributed by atoms with van der Waals surface area (Å²) in [7, 11) is 3.22. The quantitative estimate of drug-likeness (QED) is 0.184. The van der Waals surface area contributed by atoms with Crippen LogP contribution in [0.1, 0.15) is 43.1 Å². The number of hydrogen-bond acceptors (Lipinski definition) is 5. The molecule has 0 aromatic heterocycles. The van der Waals surface area contributed by atoms with Crippen LogP contribution in [-0.4, -0.2) is 32.8 Å². The van der Waals surface area contributed by atoms with Crippen LogP contribution in [0.15, 0.2) is 59.6 Å². The number of fused-ring (bicyclic) bond motifs is 1. The van der Waals surface area contributed by atoms with Gasteiger partial charge in [0.1, 0.15) is 12.4 Å².